The minimum absolute atomic E-state index is 0.271. The van der Waals surface area contributed by atoms with E-state index in [0.29, 0.717) is 0 Å². The summed E-state index contributed by atoms with van der Waals surface area (Å²) in [5.74, 6) is -0.517. The lowest BCUT2D eigenvalue weighted by molar-refractivity contribution is 0.0996. The highest BCUT2D eigenvalue weighted by Gasteiger charge is 2.06. The Morgan fingerprint density at radius 1 is 1.57 bits per heavy atom. The van der Waals surface area contributed by atoms with E-state index in [0.717, 1.165) is 17.4 Å². The van der Waals surface area contributed by atoms with Gasteiger partial charge in [0, 0.05) is 11.9 Å². The number of hydrogen-bond donors (Lipinski definition) is 1. The smallest absolute Gasteiger partial charge is 0.267 e. The number of aromatic nitrogens is 3. The van der Waals surface area contributed by atoms with E-state index in [1.54, 1.807) is 18.5 Å². The summed E-state index contributed by atoms with van der Waals surface area (Å²) in [7, 11) is 0. The standard InChI is InChI=1S/C9H10N4O/c1-2-13-8-5-11-7(9(10)14)3-6(8)4-12-13/h3-5H,2H2,1H3,(H2,10,14). The molecule has 0 saturated heterocycles. The van der Waals surface area contributed by atoms with Crippen molar-refractivity contribution in [3.63, 3.8) is 0 Å². The van der Waals surface area contributed by atoms with Crippen LogP contribution in [0.3, 0.4) is 0 Å². The van der Waals surface area contributed by atoms with Crippen molar-refractivity contribution < 1.29 is 4.79 Å². The average Bonchev–Trinajstić information content (AvgIpc) is 2.59. The molecule has 0 fully saturated rings. The normalized spacial score (nSPS) is 10.6. The summed E-state index contributed by atoms with van der Waals surface area (Å²) in [6, 6.07) is 1.65. The van der Waals surface area contributed by atoms with Gasteiger partial charge >= 0.3 is 0 Å². The fraction of sp³-hybridized carbons (Fsp3) is 0.222. The fourth-order valence-electron chi connectivity index (χ4n) is 1.36. The summed E-state index contributed by atoms with van der Waals surface area (Å²) in [6.45, 7) is 2.77. The summed E-state index contributed by atoms with van der Waals surface area (Å²) < 4.78 is 1.81. The molecule has 2 heterocycles. The maximum atomic E-state index is 10.9. The van der Waals surface area contributed by atoms with E-state index in [2.05, 4.69) is 10.1 Å². The molecule has 14 heavy (non-hydrogen) atoms. The third kappa shape index (κ3) is 1.22. The van der Waals surface area contributed by atoms with Crippen molar-refractivity contribution in [1.29, 1.82) is 0 Å². The lowest BCUT2D eigenvalue weighted by Gasteiger charge is -1.98. The van der Waals surface area contributed by atoms with Crippen molar-refractivity contribution >= 4 is 16.8 Å². The van der Waals surface area contributed by atoms with E-state index in [1.807, 2.05) is 11.6 Å². The van der Waals surface area contributed by atoms with Crippen LogP contribution >= 0.6 is 0 Å². The van der Waals surface area contributed by atoms with Crippen LogP contribution in [-0.4, -0.2) is 20.7 Å². The Morgan fingerprint density at radius 2 is 2.36 bits per heavy atom. The van der Waals surface area contributed by atoms with Crippen LogP contribution in [0.25, 0.3) is 10.9 Å². The summed E-state index contributed by atoms with van der Waals surface area (Å²) in [5, 5.41) is 5.02. The molecular formula is C9H10N4O. The predicted octanol–water partition coefficient (Wildman–Crippen LogP) is 0.550. The number of amides is 1. The Kier molecular flexibility index (Phi) is 1.92. The minimum atomic E-state index is -0.517. The molecule has 0 radical (unpaired) electrons. The minimum Gasteiger partial charge on any atom is -0.364 e. The Balaban J connectivity index is 2.63. The molecule has 1 amide bonds. The summed E-state index contributed by atoms with van der Waals surface area (Å²) in [5.41, 5.74) is 6.30. The molecule has 72 valence electrons. The molecule has 0 unspecified atom stereocenters. The zero-order valence-corrected chi connectivity index (χ0v) is 7.77. The van der Waals surface area contributed by atoms with Crippen molar-refractivity contribution in [2.45, 2.75) is 13.5 Å². The molecule has 0 atom stereocenters. The van der Waals surface area contributed by atoms with E-state index in [4.69, 9.17) is 5.73 Å². The van der Waals surface area contributed by atoms with Gasteiger partial charge in [0.1, 0.15) is 5.69 Å². The molecule has 2 aromatic heterocycles. The number of primary amides is 1. The second-order valence-electron chi connectivity index (χ2n) is 2.95. The number of fused-ring (bicyclic) bond motifs is 1. The van der Waals surface area contributed by atoms with Gasteiger partial charge in [-0.1, -0.05) is 0 Å². The van der Waals surface area contributed by atoms with Crippen LogP contribution in [0.5, 0.6) is 0 Å². The van der Waals surface area contributed by atoms with Crippen molar-refractivity contribution in [2.75, 3.05) is 0 Å². The molecule has 0 bridgehead atoms. The van der Waals surface area contributed by atoms with Crippen LogP contribution in [0.2, 0.25) is 0 Å². The third-order valence-electron chi connectivity index (χ3n) is 2.08. The average molecular weight is 190 g/mol. The molecule has 0 aliphatic carbocycles. The quantitative estimate of drug-likeness (QED) is 0.751. The molecule has 0 spiro atoms. The van der Waals surface area contributed by atoms with Gasteiger partial charge in [-0.15, -0.1) is 0 Å². The van der Waals surface area contributed by atoms with E-state index in [1.165, 1.54) is 0 Å². The molecule has 0 saturated carbocycles. The first kappa shape index (κ1) is 8.68. The van der Waals surface area contributed by atoms with Gasteiger partial charge in [0.15, 0.2) is 0 Å². The zero-order chi connectivity index (χ0) is 10.1. The van der Waals surface area contributed by atoms with Crippen LogP contribution in [0.4, 0.5) is 0 Å². The second-order valence-corrected chi connectivity index (χ2v) is 2.95. The highest BCUT2D eigenvalue weighted by atomic mass is 16.1. The number of aryl methyl sites for hydroxylation is 1. The summed E-state index contributed by atoms with van der Waals surface area (Å²) in [6.07, 6.45) is 3.32. The molecular weight excluding hydrogens is 180 g/mol. The van der Waals surface area contributed by atoms with Crippen molar-refractivity contribution in [3.05, 3.63) is 24.2 Å². The highest BCUT2D eigenvalue weighted by molar-refractivity contribution is 5.94. The molecule has 2 N–H and O–H groups in total. The summed E-state index contributed by atoms with van der Waals surface area (Å²) in [4.78, 5) is 14.8. The summed E-state index contributed by atoms with van der Waals surface area (Å²) >= 11 is 0. The maximum absolute atomic E-state index is 10.9. The number of nitrogens with zero attached hydrogens (tertiary/aromatic N) is 3. The van der Waals surface area contributed by atoms with E-state index in [9.17, 15) is 4.79 Å². The maximum Gasteiger partial charge on any atom is 0.267 e. The monoisotopic (exact) mass is 190 g/mol. The number of carbonyl (C=O) groups is 1. The molecule has 0 aromatic carbocycles. The highest BCUT2D eigenvalue weighted by Crippen LogP contribution is 2.12. The first-order valence-electron chi connectivity index (χ1n) is 4.33. The van der Waals surface area contributed by atoms with Gasteiger partial charge < -0.3 is 5.73 Å². The van der Waals surface area contributed by atoms with Crippen molar-refractivity contribution in [1.82, 2.24) is 14.8 Å². The largest absolute Gasteiger partial charge is 0.364 e. The van der Waals surface area contributed by atoms with Gasteiger partial charge in [-0.05, 0) is 13.0 Å². The number of hydrogen-bond acceptors (Lipinski definition) is 3. The molecule has 2 rings (SSSR count). The number of rotatable bonds is 2. The van der Waals surface area contributed by atoms with E-state index < -0.39 is 5.91 Å². The number of pyridine rings is 1. The van der Waals surface area contributed by atoms with Crippen LogP contribution in [0.1, 0.15) is 17.4 Å². The Labute approximate surface area is 80.5 Å². The topological polar surface area (TPSA) is 73.8 Å². The van der Waals surface area contributed by atoms with E-state index in [-0.39, 0.29) is 5.69 Å². The van der Waals surface area contributed by atoms with Gasteiger partial charge in [0.25, 0.3) is 5.91 Å². The first-order chi connectivity index (χ1) is 6.72. The number of carbonyl (C=O) groups excluding carboxylic acids is 1. The van der Waals surface area contributed by atoms with Crippen molar-refractivity contribution in [3.8, 4) is 0 Å². The second kappa shape index (κ2) is 3.10. The molecule has 5 heteroatoms. The number of nitrogens with two attached hydrogens (primary N) is 1. The van der Waals surface area contributed by atoms with Gasteiger partial charge in [0.05, 0.1) is 17.9 Å². The first-order valence-corrected chi connectivity index (χ1v) is 4.33. The van der Waals surface area contributed by atoms with Crippen LogP contribution in [-0.2, 0) is 6.54 Å². The Morgan fingerprint density at radius 3 is 3.00 bits per heavy atom. The zero-order valence-electron chi connectivity index (χ0n) is 7.77. The van der Waals surface area contributed by atoms with Crippen molar-refractivity contribution in [2.24, 2.45) is 5.73 Å². The Hall–Kier alpha value is -1.91. The molecule has 5 nitrogen and oxygen atoms in total. The lowest BCUT2D eigenvalue weighted by atomic mass is 10.2. The SMILES string of the molecule is CCn1ncc2cc(C(N)=O)ncc21. The van der Waals surface area contributed by atoms with E-state index >= 15 is 0 Å². The molecule has 0 aliphatic heterocycles. The lowest BCUT2D eigenvalue weighted by Crippen LogP contribution is -2.12. The van der Waals surface area contributed by atoms with Gasteiger partial charge in [-0.2, -0.15) is 5.10 Å². The molecule has 2 aromatic rings. The fourth-order valence-corrected chi connectivity index (χ4v) is 1.36. The van der Waals surface area contributed by atoms with Gasteiger partial charge in [-0.25, -0.2) is 4.98 Å². The van der Waals surface area contributed by atoms with Crippen LogP contribution in [0, 0.1) is 0 Å². The van der Waals surface area contributed by atoms with Crippen LogP contribution in [0.15, 0.2) is 18.5 Å². The van der Waals surface area contributed by atoms with Crippen LogP contribution < -0.4 is 5.73 Å². The predicted molar refractivity (Wildman–Crippen MR) is 51.7 cm³/mol. The Bertz CT molecular complexity index is 489. The third-order valence-corrected chi connectivity index (χ3v) is 2.08. The molecule has 0 aliphatic rings. The van der Waals surface area contributed by atoms with Gasteiger partial charge in [-0.3, -0.25) is 9.48 Å². The van der Waals surface area contributed by atoms with Gasteiger partial charge in [0.2, 0.25) is 0 Å².